The lowest BCUT2D eigenvalue weighted by molar-refractivity contribution is 0.623. The van der Waals surface area contributed by atoms with E-state index in [2.05, 4.69) is 103 Å². The Morgan fingerprint density at radius 3 is 1.75 bits per heavy atom. The van der Waals surface area contributed by atoms with Gasteiger partial charge < -0.3 is 8.83 Å². The summed E-state index contributed by atoms with van der Waals surface area (Å²) in [6.45, 7) is 0. The van der Waals surface area contributed by atoms with Crippen LogP contribution in [-0.4, -0.2) is 19.9 Å². The zero-order chi connectivity index (χ0) is 36.7. The van der Waals surface area contributed by atoms with Gasteiger partial charge in [-0.25, -0.2) is 19.9 Å². The molecule has 0 spiro atoms. The van der Waals surface area contributed by atoms with Crippen LogP contribution in [-0.2, 0) is 0 Å². The third-order valence-corrected chi connectivity index (χ3v) is 10.9. The minimum absolute atomic E-state index is 0.544. The molecule has 12 aromatic rings. The first-order valence-corrected chi connectivity index (χ1v) is 18.6. The van der Waals surface area contributed by atoms with Crippen molar-refractivity contribution >= 4 is 76.1 Å². The van der Waals surface area contributed by atoms with E-state index in [0.29, 0.717) is 23.4 Å². The topological polar surface area (TPSA) is 77.8 Å². The predicted octanol–water partition coefficient (Wildman–Crippen LogP) is 13.2. The highest BCUT2D eigenvalue weighted by Gasteiger charge is 2.21. The molecular weight excluding hydrogens is 689 g/mol. The molecule has 0 bridgehead atoms. The van der Waals surface area contributed by atoms with Crippen LogP contribution in [0.25, 0.3) is 122 Å². The fourth-order valence-corrected chi connectivity index (χ4v) is 8.36. The largest absolute Gasteiger partial charge is 0.455 e. The maximum atomic E-state index is 6.61. The summed E-state index contributed by atoms with van der Waals surface area (Å²) in [5.41, 5.74) is 6.74. The average Bonchev–Trinajstić information content (AvgIpc) is 3.88. The highest BCUT2D eigenvalue weighted by atomic mass is 16.3. The maximum Gasteiger partial charge on any atom is 0.227 e. The number of benzene rings is 9. The molecule has 0 fully saturated rings. The van der Waals surface area contributed by atoms with E-state index in [1.165, 1.54) is 0 Å². The van der Waals surface area contributed by atoms with Crippen LogP contribution in [0.3, 0.4) is 0 Å². The van der Waals surface area contributed by atoms with Crippen LogP contribution >= 0.6 is 0 Å². The molecule has 260 valence electrons. The van der Waals surface area contributed by atoms with E-state index in [1.807, 2.05) is 66.7 Å². The van der Waals surface area contributed by atoms with Gasteiger partial charge in [0.2, 0.25) is 5.89 Å². The SMILES string of the molecule is c1ccc(-c2nc3ccc4ccc5ccc6c(-c7nc(-c8cccc9ccccc89)nc(-c8cccc9c8oc8ccccc89)n7)cccc6c5c4c3o2)cc1. The molecule has 0 aliphatic rings. The number of fused-ring (bicyclic) bond motifs is 11. The number of aromatic nitrogens is 4. The van der Waals surface area contributed by atoms with Crippen molar-refractivity contribution in [2.45, 2.75) is 0 Å². The normalized spacial score (nSPS) is 11.9. The van der Waals surface area contributed by atoms with Crippen LogP contribution in [0.15, 0.2) is 179 Å². The molecule has 0 unspecified atom stereocenters. The Hall–Kier alpha value is -7.70. The highest BCUT2D eigenvalue weighted by molar-refractivity contribution is 6.27. The minimum Gasteiger partial charge on any atom is -0.455 e. The molecule has 0 radical (unpaired) electrons. The van der Waals surface area contributed by atoms with E-state index in [1.54, 1.807) is 0 Å². The summed E-state index contributed by atoms with van der Waals surface area (Å²) >= 11 is 0. The minimum atomic E-state index is 0.544. The second-order valence-corrected chi connectivity index (χ2v) is 14.1. The van der Waals surface area contributed by atoms with Crippen molar-refractivity contribution in [1.82, 2.24) is 19.9 Å². The Balaban J connectivity index is 1.14. The smallest absolute Gasteiger partial charge is 0.227 e. The number of hydrogen-bond donors (Lipinski definition) is 0. The van der Waals surface area contributed by atoms with Crippen molar-refractivity contribution in [2.24, 2.45) is 0 Å². The van der Waals surface area contributed by atoms with Crippen molar-refractivity contribution in [1.29, 1.82) is 0 Å². The van der Waals surface area contributed by atoms with Crippen LogP contribution in [0.2, 0.25) is 0 Å². The molecule has 0 aliphatic carbocycles. The number of oxazole rings is 1. The van der Waals surface area contributed by atoms with E-state index >= 15 is 0 Å². The molecule has 9 aromatic carbocycles. The Kier molecular flexibility index (Phi) is 6.53. The Morgan fingerprint density at radius 1 is 0.321 bits per heavy atom. The lowest BCUT2D eigenvalue weighted by Crippen LogP contribution is -2.01. The van der Waals surface area contributed by atoms with E-state index in [0.717, 1.165) is 98.4 Å². The van der Waals surface area contributed by atoms with E-state index in [9.17, 15) is 0 Å². The first-order valence-electron chi connectivity index (χ1n) is 18.6. The van der Waals surface area contributed by atoms with Crippen molar-refractivity contribution < 1.29 is 8.83 Å². The van der Waals surface area contributed by atoms with Gasteiger partial charge in [0, 0.05) is 38.2 Å². The number of rotatable bonds is 4. The predicted molar refractivity (Wildman–Crippen MR) is 226 cm³/mol. The summed E-state index contributed by atoms with van der Waals surface area (Å²) in [6, 6.07) is 58.2. The van der Waals surface area contributed by atoms with Crippen molar-refractivity contribution in [2.75, 3.05) is 0 Å². The molecule has 0 saturated carbocycles. The molecule has 56 heavy (non-hydrogen) atoms. The molecule has 3 aromatic heterocycles. The van der Waals surface area contributed by atoms with Gasteiger partial charge in [0.25, 0.3) is 0 Å². The summed E-state index contributed by atoms with van der Waals surface area (Å²) in [4.78, 5) is 20.7. The number of nitrogens with zero attached hydrogens (tertiary/aromatic N) is 4. The van der Waals surface area contributed by atoms with Crippen molar-refractivity contribution in [3.05, 3.63) is 170 Å². The monoisotopic (exact) mass is 716 g/mol. The lowest BCUT2D eigenvalue weighted by Gasteiger charge is -2.13. The van der Waals surface area contributed by atoms with Crippen LogP contribution < -0.4 is 0 Å². The molecule has 0 N–H and O–H groups in total. The van der Waals surface area contributed by atoms with Gasteiger partial charge in [0.15, 0.2) is 23.1 Å². The zero-order valence-electron chi connectivity index (χ0n) is 29.8. The molecule has 0 aliphatic heterocycles. The number of furan rings is 1. The molecule has 0 atom stereocenters. The van der Waals surface area contributed by atoms with Crippen LogP contribution in [0.5, 0.6) is 0 Å². The van der Waals surface area contributed by atoms with Crippen molar-refractivity contribution in [3.63, 3.8) is 0 Å². The van der Waals surface area contributed by atoms with Gasteiger partial charge in [-0.3, -0.25) is 0 Å². The van der Waals surface area contributed by atoms with Gasteiger partial charge in [-0.1, -0.05) is 140 Å². The summed E-state index contributed by atoms with van der Waals surface area (Å²) in [6.07, 6.45) is 0. The third kappa shape index (κ3) is 4.63. The van der Waals surface area contributed by atoms with Gasteiger partial charge in [0.1, 0.15) is 16.7 Å². The van der Waals surface area contributed by atoms with Crippen LogP contribution in [0.4, 0.5) is 0 Å². The van der Waals surface area contributed by atoms with E-state index in [-0.39, 0.29) is 0 Å². The second kappa shape index (κ2) is 11.9. The lowest BCUT2D eigenvalue weighted by atomic mass is 9.93. The zero-order valence-corrected chi connectivity index (χ0v) is 29.8. The average molecular weight is 717 g/mol. The molecule has 6 nitrogen and oxygen atoms in total. The molecule has 0 amide bonds. The number of hydrogen-bond acceptors (Lipinski definition) is 6. The molecule has 0 saturated heterocycles. The maximum absolute atomic E-state index is 6.61. The first-order chi connectivity index (χ1) is 27.7. The summed E-state index contributed by atoms with van der Waals surface area (Å²) < 4.78 is 13.1. The van der Waals surface area contributed by atoms with Crippen molar-refractivity contribution in [3.8, 4) is 45.6 Å². The number of para-hydroxylation sites is 2. The summed E-state index contributed by atoms with van der Waals surface area (Å²) in [5, 5.41) is 10.7. The Labute approximate surface area is 319 Å². The van der Waals surface area contributed by atoms with Gasteiger partial charge in [-0.15, -0.1) is 0 Å². The summed E-state index contributed by atoms with van der Waals surface area (Å²) in [7, 11) is 0. The molecular formula is C50H28N4O2. The fourth-order valence-electron chi connectivity index (χ4n) is 8.36. The highest BCUT2D eigenvalue weighted by Crippen LogP contribution is 2.41. The van der Waals surface area contributed by atoms with E-state index in [4.69, 9.17) is 28.8 Å². The second-order valence-electron chi connectivity index (χ2n) is 14.1. The van der Waals surface area contributed by atoms with Gasteiger partial charge in [-0.2, -0.15) is 0 Å². The summed E-state index contributed by atoms with van der Waals surface area (Å²) in [5.74, 6) is 2.31. The standard InChI is InChI=1S/C50H28N4O2/c1-2-12-32(13-3-1)50-51-41-28-26-31-24-23-30-25-27-34-36(43(30)44(31)46(41)56-50)17-9-20-39(34)48-52-47(38-19-8-14-29-11-4-5-15-33(29)38)53-49(54-48)40-21-10-18-37-35-16-6-7-22-42(35)55-45(37)40/h1-28H. The van der Waals surface area contributed by atoms with Crippen LogP contribution in [0, 0.1) is 0 Å². The Morgan fingerprint density at radius 2 is 0.911 bits per heavy atom. The third-order valence-electron chi connectivity index (χ3n) is 10.9. The van der Waals surface area contributed by atoms with E-state index < -0.39 is 0 Å². The fraction of sp³-hybridized carbons (Fsp3) is 0. The Bertz CT molecular complexity index is 3540. The quantitative estimate of drug-likeness (QED) is 0.169. The van der Waals surface area contributed by atoms with Gasteiger partial charge >= 0.3 is 0 Å². The molecule has 6 heteroatoms. The molecule has 3 heterocycles. The molecule has 12 rings (SSSR count). The van der Waals surface area contributed by atoms with Gasteiger partial charge in [-0.05, 0) is 62.6 Å². The van der Waals surface area contributed by atoms with Gasteiger partial charge in [0.05, 0.1) is 5.56 Å². The first kappa shape index (κ1) is 30.7. The van der Waals surface area contributed by atoms with Crippen LogP contribution in [0.1, 0.15) is 0 Å².